The van der Waals surface area contributed by atoms with E-state index in [0.717, 1.165) is 4.88 Å². The van der Waals surface area contributed by atoms with Crippen LogP contribution in [0, 0.1) is 0 Å². The van der Waals surface area contributed by atoms with Crippen LogP contribution in [0.4, 0.5) is 0 Å². The highest BCUT2D eigenvalue weighted by atomic mass is 32.1. The molecule has 0 spiro atoms. The number of aliphatic hydroxyl groups is 1. The van der Waals surface area contributed by atoms with Gasteiger partial charge in [-0.05, 0) is 18.5 Å². The Hall–Kier alpha value is -1.24. The SMILES string of the molecule is CN(CCO)Cc1nnc(-c2cccs2)o1. The van der Waals surface area contributed by atoms with Gasteiger partial charge in [0, 0.05) is 6.54 Å². The van der Waals surface area contributed by atoms with E-state index in [1.54, 1.807) is 11.3 Å². The summed E-state index contributed by atoms with van der Waals surface area (Å²) in [6.07, 6.45) is 0. The first kappa shape index (κ1) is 11.3. The van der Waals surface area contributed by atoms with Gasteiger partial charge in [0.05, 0.1) is 18.0 Å². The predicted octanol–water partition coefficient (Wildman–Crippen LogP) is 1.22. The van der Waals surface area contributed by atoms with Gasteiger partial charge in [-0.1, -0.05) is 6.07 Å². The van der Waals surface area contributed by atoms with E-state index in [9.17, 15) is 0 Å². The highest BCUT2D eigenvalue weighted by molar-refractivity contribution is 7.13. The summed E-state index contributed by atoms with van der Waals surface area (Å²) >= 11 is 1.57. The van der Waals surface area contributed by atoms with Gasteiger partial charge >= 0.3 is 0 Å². The smallest absolute Gasteiger partial charge is 0.257 e. The summed E-state index contributed by atoms with van der Waals surface area (Å²) < 4.78 is 5.51. The Bertz CT molecular complexity index is 427. The molecular formula is C10H13N3O2S. The molecule has 0 saturated carbocycles. The quantitative estimate of drug-likeness (QED) is 0.850. The predicted molar refractivity (Wildman–Crippen MR) is 61.0 cm³/mol. The largest absolute Gasteiger partial charge is 0.419 e. The maximum Gasteiger partial charge on any atom is 0.257 e. The molecule has 0 saturated heterocycles. The van der Waals surface area contributed by atoms with Crippen molar-refractivity contribution in [2.75, 3.05) is 20.2 Å². The van der Waals surface area contributed by atoms with E-state index in [2.05, 4.69) is 10.2 Å². The molecule has 6 heteroatoms. The van der Waals surface area contributed by atoms with Crippen molar-refractivity contribution in [2.24, 2.45) is 0 Å². The van der Waals surface area contributed by atoms with E-state index in [4.69, 9.17) is 9.52 Å². The lowest BCUT2D eigenvalue weighted by atomic mass is 10.5. The van der Waals surface area contributed by atoms with Crippen molar-refractivity contribution in [3.63, 3.8) is 0 Å². The maximum absolute atomic E-state index is 8.76. The molecule has 0 unspecified atom stereocenters. The van der Waals surface area contributed by atoms with Crippen molar-refractivity contribution < 1.29 is 9.52 Å². The highest BCUT2D eigenvalue weighted by Crippen LogP contribution is 2.23. The Labute approximate surface area is 97.3 Å². The van der Waals surface area contributed by atoms with Crippen LogP contribution >= 0.6 is 11.3 Å². The number of aliphatic hydroxyl groups excluding tert-OH is 1. The average molecular weight is 239 g/mol. The molecule has 2 rings (SSSR count). The summed E-state index contributed by atoms with van der Waals surface area (Å²) in [5.41, 5.74) is 0. The zero-order valence-corrected chi connectivity index (χ0v) is 9.78. The van der Waals surface area contributed by atoms with Crippen molar-refractivity contribution in [1.29, 1.82) is 0 Å². The molecule has 2 aromatic heterocycles. The second kappa shape index (κ2) is 5.20. The van der Waals surface area contributed by atoms with Crippen LogP contribution in [0.2, 0.25) is 0 Å². The molecule has 0 atom stereocenters. The third-order valence-corrected chi connectivity index (χ3v) is 2.94. The van der Waals surface area contributed by atoms with Crippen LogP contribution < -0.4 is 0 Å². The number of aromatic nitrogens is 2. The molecule has 0 amide bonds. The minimum Gasteiger partial charge on any atom is -0.419 e. The first-order valence-electron chi connectivity index (χ1n) is 4.95. The van der Waals surface area contributed by atoms with Crippen LogP contribution in [-0.2, 0) is 6.54 Å². The zero-order valence-electron chi connectivity index (χ0n) is 8.96. The van der Waals surface area contributed by atoms with Crippen LogP contribution in [0.5, 0.6) is 0 Å². The highest BCUT2D eigenvalue weighted by Gasteiger charge is 2.10. The minimum absolute atomic E-state index is 0.127. The molecular weight excluding hydrogens is 226 g/mol. The third kappa shape index (κ3) is 2.66. The van der Waals surface area contributed by atoms with Gasteiger partial charge in [0.25, 0.3) is 5.89 Å². The normalized spacial score (nSPS) is 11.2. The number of hydrogen-bond acceptors (Lipinski definition) is 6. The van der Waals surface area contributed by atoms with Gasteiger partial charge in [0.2, 0.25) is 5.89 Å². The van der Waals surface area contributed by atoms with Crippen molar-refractivity contribution in [3.05, 3.63) is 23.4 Å². The molecule has 5 nitrogen and oxygen atoms in total. The molecule has 0 fully saturated rings. The first-order valence-corrected chi connectivity index (χ1v) is 5.83. The van der Waals surface area contributed by atoms with Gasteiger partial charge in [-0.2, -0.15) is 0 Å². The fraction of sp³-hybridized carbons (Fsp3) is 0.400. The van der Waals surface area contributed by atoms with E-state index in [1.165, 1.54) is 0 Å². The monoisotopic (exact) mass is 239 g/mol. The van der Waals surface area contributed by atoms with E-state index in [-0.39, 0.29) is 6.61 Å². The molecule has 2 aromatic rings. The number of hydrogen-bond donors (Lipinski definition) is 1. The van der Waals surface area contributed by atoms with Crippen LogP contribution in [0.25, 0.3) is 10.8 Å². The van der Waals surface area contributed by atoms with Crippen molar-refractivity contribution in [1.82, 2.24) is 15.1 Å². The third-order valence-electron chi connectivity index (χ3n) is 2.09. The van der Waals surface area contributed by atoms with Crippen LogP contribution in [0.1, 0.15) is 5.89 Å². The second-order valence-corrected chi connectivity index (χ2v) is 4.39. The Morgan fingerprint density at radius 2 is 2.38 bits per heavy atom. The molecule has 0 aliphatic rings. The van der Waals surface area contributed by atoms with E-state index >= 15 is 0 Å². The standard InChI is InChI=1S/C10H13N3O2S/c1-13(4-5-14)7-9-11-12-10(15-9)8-3-2-6-16-8/h2-3,6,14H,4-5,7H2,1H3. The van der Waals surface area contributed by atoms with Gasteiger partial charge in [-0.15, -0.1) is 21.5 Å². The van der Waals surface area contributed by atoms with Crippen molar-refractivity contribution >= 4 is 11.3 Å². The summed E-state index contributed by atoms with van der Waals surface area (Å²) in [6, 6.07) is 3.89. The molecule has 2 heterocycles. The lowest BCUT2D eigenvalue weighted by Gasteiger charge is -2.10. The molecule has 0 aliphatic heterocycles. The van der Waals surface area contributed by atoms with Gasteiger partial charge in [-0.3, -0.25) is 4.90 Å². The molecule has 0 radical (unpaired) electrons. The summed E-state index contributed by atoms with van der Waals surface area (Å²) in [5, 5.41) is 18.7. The lowest BCUT2D eigenvalue weighted by Crippen LogP contribution is -2.21. The summed E-state index contributed by atoms with van der Waals surface area (Å²) in [6.45, 7) is 1.28. The van der Waals surface area contributed by atoms with E-state index < -0.39 is 0 Å². The molecule has 86 valence electrons. The Balaban J connectivity index is 2.03. The van der Waals surface area contributed by atoms with Crippen molar-refractivity contribution in [2.45, 2.75) is 6.54 Å². The zero-order chi connectivity index (χ0) is 11.4. The van der Waals surface area contributed by atoms with Crippen LogP contribution in [0.15, 0.2) is 21.9 Å². The van der Waals surface area contributed by atoms with Crippen LogP contribution in [0.3, 0.4) is 0 Å². The number of thiophene rings is 1. The average Bonchev–Trinajstić information content (AvgIpc) is 2.86. The van der Waals surface area contributed by atoms with Crippen LogP contribution in [-0.4, -0.2) is 40.4 Å². The number of rotatable bonds is 5. The molecule has 0 aliphatic carbocycles. The molecule has 0 bridgehead atoms. The minimum atomic E-state index is 0.127. The van der Waals surface area contributed by atoms with E-state index in [1.807, 2.05) is 29.5 Å². The summed E-state index contributed by atoms with van der Waals surface area (Å²) in [7, 11) is 1.89. The number of nitrogens with zero attached hydrogens (tertiary/aromatic N) is 3. The fourth-order valence-electron chi connectivity index (χ4n) is 1.30. The topological polar surface area (TPSA) is 62.4 Å². The van der Waals surface area contributed by atoms with Gasteiger partial charge in [0.1, 0.15) is 0 Å². The van der Waals surface area contributed by atoms with Crippen molar-refractivity contribution in [3.8, 4) is 10.8 Å². The fourth-order valence-corrected chi connectivity index (χ4v) is 1.94. The molecule has 0 aromatic carbocycles. The summed E-state index contributed by atoms with van der Waals surface area (Å²) in [5.74, 6) is 1.13. The Morgan fingerprint density at radius 1 is 1.50 bits per heavy atom. The van der Waals surface area contributed by atoms with Gasteiger partial charge in [0.15, 0.2) is 0 Å². The Morgan fingerprint density at radius 3 is 3.06 bits per heavy atom. The van der Waals surface area contributed by atoms with Gasteiger partial charge < -0.3 is 9.52 Å². The number of likely N-dealkylation sites (N-methyl/N-ethyl adjacent to an activating group) is 1. The van der Waals surface area contributed by atoms with Gasteiger partial charge in [-0.25, -0.2) is 0 Å². The first-order chi connectivity index (χ1) is 7.79. The molecule has 1 N–H and O–H groups in total. The lowest BCUT2D eigenvalue weighted by molar-refractivity contribution is 0.206. The maximum atomic E-state index is 8.76. The van der Waals surface area contributed by atoms with E-state index in [0.29, 0.717) is 24.9 Å². The molecule has 16 heavy (non-hydrogen) atoms. The Kier molecular flexibility index (Phi) is 3.66. The second-order valence-electron chi connectivity index (χ2n) is 3.44. The summed E-state index contributed by atoms with van der Waals surface area (Å²) in [4.78, 5) is 2.90.